The van der Waals surface area contributed by atoms with E-state index in [9.17, 15) is 18.3 Å². The van der Waals surface area contributed by atoms with E-state index in [2.05, 4.69) is 15.9 Å². The number of anilines is 1. The van der Waals surface area contributed by atoms with E-state index in [-0.39, 0.29) is 13.2 Å². The number of aliphatic hydroxyl groups is 2. The number of hydrogen-bond acceptors (Lipinski definition) is 3. The number of rotatable bonds is 5. The second-order valence-electron chi connectivity index (χ2n) is 4.15. The molecule has 3 nitrogen and oxygen atoms in total. The van der Waals surface area contributed by atoms with Crippen LogP contribution in [0.25, 0.3) is 0 Å². The monoisotopic (exact) mass is 341 g/mol. The highest BCUT2D eigenvalue weighted by atomic mass is 79.9. The van der Waals surface area contributed by atoms with Crippen LogP contribution in [0.15, 0.2) is 22.7 Å². The van der Waals surface area contributed by atoms with Crippen LogP contribution in [0.1, 0.15) is 18.6 Å². The molecule has 108 valence electrons. The standard InChI is InChI=1S/C12H15BrF3NO2/c1-8(19)9-2-3-11(10(13)6-9)17(4-5-18)7-12(14,15)16/h2-3,6,8,18-19H,4-5,7H2,1H3. The maximum atomic E-state index is 12.5. The zero-order valence-electron chi connectivity index (χ0n) is 10.3. The molecule has 0 spiro atoms. The van der Waals surface area contributed by atoms with Crippen LogP contribution < -0.4 is 4.90 Å². The van der Waals surface area contributed by atoms with Gasteiger partial charge in [0.15, 0.2) is 0 Å². The summed E-state index contributed by atoms with van der Waals surface area (Å²) in [5.74, 6) is 0. The maximum absolute atomic E-state index is 12.5. The van der Waals surface area contributed by atoms with Crippen LogP contribution in [0.4, 0.5) is 18.9 Å². The quantitative estimate of drug-likeness (QED) is 0.865. The van der Waals surface area contributed by atoms with Crippen molar-refractivity contribution in [3.05, 3.63) is 28.2 Å². The highest BCUT2D eigenvalue weighted by Gasteiger charge is 2.31. The van der Waals surface area contributed by atoms with E-state index in [1.54, 1.807) is 19.1 Å². The molecule has 19 heavy (non-hydrogen) atoms. The lowest BCUT2D eigenvalue weighted by atomic mass is 10.1. The first kappa shape index (κ1) is 16.3. The van der Waals surface area contributed by atoms with Crippen LogP contribution in [0.3, 0.4) is 0 Å². The van der Waals surface area contributed by atoms with Crippen LogP contribution in [0.2, 0.25) is 0 Å². The SMILES string of the molecule is CC(O)c1ccc(N(CCO)CC(F)(F)F)c(Br)c1. The highest BCUT2D eigenvalue weighted by Crippen LogP contribution is 2.31. The summed E-state index contributed by atoms with van der Waals surface area (Å²) >= 11 is 3.19. The highest BCUT2D eigenvalue weighted by molar-refractivity contribution is 9.10. The summed E-state index contributed by atoms with van der Waals surface area (Å²) < 4.78 is 37.9. The van der Waals surface area contributed by atoms with Crippen molar-refractivity contribution in [3.63, 3.8) is 0 Å². The molecule has 7 heteroatoms. The summed E-state index contributed by atoms with van der Waals surface area (Å²) in [6.07, 6.45) is -5.04. The topological polar surface area (TPSA) is 43.7 Å². The van der Waals surface area contributed by atoms with Gasteiger partial charge in [0.05, 0.1) is 18.4 Å². The molecule has 2 N–H and O–H groups in total. The summed E-state index contributed by atoms with van der Waals surface area (Å²) in [6.45, 7) is -0.0599. The molecule has 1 atom stereocenters. The molecule has 0 heterocycles. The Kier molecular flexibility index (Phi) is 5.64. The van der Waals surface area contributed by atoms with E-state index in [0.717, 1.165) is 4.90 Å². The van der Waals surface area contributed by atoms with Crippen molar-refractivity contribution >= 4 is 21.6 Å². The van der Waals surface area contributed by atoms with Gasteiger partial charge in [-0.05, 0) is 40.5 Å². The first-order chi connectivity index (χ1) is 8.74. The van der Waals surface area contributed by atoms with Crippen LogP contribution in [0.5, 0.6) is 0 Å². The average Bonchev–Trinajstić information content (AvgIpc) is 2.26. The van der Waals surface area contributed by atoms with E-state index < -0.39 is 18.8 Å². The maximum Gasteiger partial charge on any atom is 0.405 e. The molecule has 0 aliphatic heterocycles. The van der Waals surface area contributed by atoms with E-state index in [1.807, 2.05) is 0 Å². The fourth-order valence-corrected chi connectivity index (χ4v) is 2.31. The first-order valence-corrected chi connectivity index (χ1v) is 6.44. The molecule has 1 aromatic rings. The van der Waals surface area contributed by atoms with Gasteiger partial charge >= 0.3 is 6.18 Å². The first-order valence-electron chi connectivity index (χ1n) is 5.64. The van der Waals surface area contributed by atoms with Crippen molar-refractivity contribution < 1.29 is 23.4 Å². The lowest BCUT2D eigenvalue weighted by Gasteiger charge is -2.26. The fraction of sp³-hybridized carbons (Fsp3) is 0.500. The third-order valence-corrected chi connectivity index (χ3v) is 3.17. The Labute approximate surface area is 117 Å². The van der Waals surface area contributed by atoms with Crippen molar-refractivity contribution in [2.24, 2.45) is 0 Å². The van der Waals surface area contributed by atoms with Crippen LogP contribution in [0, 0.1) is 0 Å². The summed E-state index contributed by atoms with van der Waals surface area (Å²) in [4.78, 5) is 1.04. The Morgan fingerprint density at radius 2 is 2.00 bits per heavy atom. The predicted molar refractivity (Wildman–Crippen MR) is 70.1 cm³/mol. The second-order valence-corrected chi connectivity index (χ2v) is 5.00. The molecule has 0 saturated carbocycles. The minimum atomic E-state index is -4.35. The Hall–Kier alpha value is -0.790. The molecule has 0 aliphatic carbocycles. The molecule has 0 aromatic heterocycles. The van der Waals surface area contributed by atoms with Gasteiger partial charge < -0.3 is 15.1 Å². The van der Waals surface area contributed by atoms with Crippen LogP contribution in [-0.4, -0.2) is 36.1 Å². The van der Waals surface area contributed by atoms with E-state index in [0.29, 0.717) is 15.7 Å². The van der Waals surface area contributed by atoms with Crippen LogP contribution >= 0.6 is 15.9 Å². The van der Waals surface area contributed by atoms with E-state index >= 15 is 0 Å². The molecular formula is C12H15BrF3NO2. The molecule has 0 amide bonds. The minimum Gasteiger partial charge on any atom is -0.395 e. The number of alkyl halides is 3. The second kappa shape index (κ2) is 6.58. The Morgan fingerprint density at radius 1 is 1.37 bits per heavy atom. The zero-order valence-corrected chi connectivity index (χ0v) is 11.9. The molecule has 0 saturated heterocycles. The minimum absolute atomic E-state index is 0.119. The van der Waals surface area contributed by atoms with E-state index in [4.69, 9.17) is 5.11 Å². The largest absolute Gasteiger partial charge is 0.405 e. The summed E-state index contributed by atoms with van der Waals surface area (Å²) in [5.41, 5.74) is 0.933. The smallest absolute Gasteiger partial charge is 0.395 e. The van der Waals surface area contributed by atoms with Crippen molar-refractivity contribution in [2.75, 3.05) is 24.6 Å². The third-order valence-electron chi connectivity index (χ3n) is 2.53. The molecule has 0 aliphatic rings. The zero-order chi connectivity index (χ0) is 14.6. The Bertz CT molecular complexity index is 424. The predicted octanol–water partition coefficient (Wildman–Crippen LogP) is 2.86. The summed E-state index contributed by atoms with van der Waals surface area (Å²) in [6, 6.07) is 4.62. The van der Waals surface area contributed by atoms with Gasteiger partial charge in [-0.3, -0.25) is 0 Å². The van der Waals surface area contributed by atoms with Gasteiger partial charge in [0.25, 0.3) is 0 Å². The number of nitrogens with zero attached hydrogens (tertiary/aromatic N) is 1. The number of aliphatic hydroxyl groups excluding tert-OH is 2. The van der Waals surface area contributed by atoms with Gasteiger partial charge in [-0.2, -0.15) is 13.2 Å². The van der Waals surface area contributed by atoms with Gasteiger partial charge in [0, 0.05) is 11.0 Å². The molecule has 0 bridgehead atoms. The van der Waals surface area contributed by atoms with Gasteiger partial charge in [0.2, 0.25) is 0 Å². The molecular weight excluding hydrogens is 327 g/mol. The molecule has 0 radical (unpaired) electrons. The third kappa shape index (κ3) is 5.00. The average molecular weight is 342 g/mol. The lowest BCUT2D eigenvalue weighted by Crippen LogP contribution is -2.36. The van der Waals surface area contributed by atoms with Gasteiger partial charge in [0.1, 0.15) is 6.54 Å². The van der Waals surface area contributed by atoms with Crippen molar-refractivity contribution in [3.8, 4) is 0 Å². The number of hydrogen-bond donors (Lipinski definition) is 2. The fourth-order valence-electron chi connectivity index (χ4n) is 1.66. The van der Waals surface area contributed by atoms with Crippen molar-refractivity contribution in [1.82, 2.24) is 0 Å². The molecule has 1 aromatic carbocycles. The van der Waals surface area contributed by atoms with Gasteiger partial charge in [-0.15, -0.1) is 0 Å². The molecule has 0 fully saturated rings. The number of benzene rings is 1. The van der Waals surface area contributed by atoms with Crippen molar-refractivity contribution in [2.45, 2.75) is 19.2 Å². The summed E-state index contributed by atoms with van der Waals surface area (Å²) in [7, 11) is 0. The Morgan fingerprint density at radius 3 is 2.42 bits per heavy atom. The summed E-state index contributed by atoms with van der Waals surface area (Å²) in [5, 5.41) is 18.3. The van der Waals surface area contributed by atoms with E-state index in [1.165, 1.54) is 6.07 Å². The molecule has 1 unspecified atom stereocenters. The van der Waals surface area contributed by atoms with Crippen molar-refractivity contribution in [1.29, 1.82) is 0 Å². The van der Waals surface area contributed by atoms with Gasteiger partial charge in [-0.1, -0.05) is 6.07 Å². The lowest BCUT2D eigenvalue weighted by molar-refractivity contribution is -0.119. The normalized spacial score (nSPS) is 13.4. The van der Waals surface area contributed by atoms with Gasteiger partial charge in [-0.25, -0.2) is 0 Å². The Balaban J connectivity index is 3.02. The molecule has 1 rings (SSSR count). The van der Waals surface area contributed by atoms with Crippen LogP contribution in [-0.2, 0) is 0 Å². The number of halogens is 4.